The average Bonchev–Trinajstić information content (AvgIpc) is 2.17. The Hall–Kier alpha value is -1.97. The van der Waals surface area contributed by atoms with Gasteiger partial charge in [-0.3, -0.25) is 0 Å². The maximum atomic E-state index is 10.4. The van der Waals surface area contributed by atoms with E-state index in [9.17, 15) is 9.90 Å². The van der Waals surface area contributed by atoms with Crippen molar-refractivity contribution in [3.8, 4) is 5.75 Å². The second-order valence-electron chi connectivity index (χ2n) is 2.59. The maximum absolute atomic E-state index is 10.4. The van der Waals surface area contributed by atoms with E-state index in [0.29, 0.717) is 5.75 Å². The molecule has 2 rings (SSSR count). The first kappa shape index (κ1) is 7.67. The number of rotatable bonds is 1. The van der Waals surface area contributed by atoms with E-state index in [2.05, 4.69) is 5.48 Å². The Morgan fingerprint density at radius 3 is 2.92 bits per heavy atom. The summed E-state index contributed by atoms with van der Waals surface area (Å²) in [5.74, 6) is -0.679. The number of carbonyl (C=O) groups excluding carboxylic acids is 1. The van der Waals surface area contributed by atoms with Crippen molar-refractivity contribution in [2.75, 3.05) is 0 Å². The molecular formula is C9H6NO3-. The smallest absolute Gasteiger partial charge is 0.162 e. The molecule has 0 saturated carbocycles. The van der Waals surface area contributed by atoms with Crippen molar-refractivity contribution >= 4 is 12.0 Å². The van der Waals surface area contributed by atoms with Crippen LogP contribution in [0.3, 0.4) is 0 Å². The molecule has 0 aromatic heterocycles. The molecule has 0 unspecified atom stereocenters. The van der Waals surface area contributed by atoms with Gasteiger partial charge in [-0.1, -0.05) is 18.2 Å². The Balaban J connectivity index is 2.44. The normalized spacial score (nSPS) is 13.4. The van der Waals surface area contributed by atoms with E-state index in [1.54, 1.807) is 24.3 Å². The van der Waals surface area contributed by atoms with Crippen LogP contribution in [-0.4, -0.2) is 5.97 Å². The van der Waals surface area contributed by atoms with E-state index in [-0.39, 0.29) is 5.70 Å². The number of fused-ring (bicyclic) bond motifs is 1. The lowest BCUT2D eigenvalue weighted by Gasteiger charge is -2.18. The molecule has 4 nitrogen and oxygen atoms in total. The van der Waals surface area contributed by atoms with Crippen LogP contribution >= 0.6 is 0 Å². The van der Waals surface area contributed by atoms with Gasteiger partial charge in [0.25, 0.3) is 0 Å². The number of carbonyl (C=O) groups is 1. The predicted molar refractivity (Wildman–Crippen MR) is 43.2 cm³/mol. The minimum atomic E-state index is -1.28. The van der Waals surface area contributed by atoms with Crippen LogP contribution in [-0.2, 0) is 4.79 Å². The van der Waals surface area contributed by atoms with Gasteiger partial charge in [0, 0.05) is 5.56 Å². The Bertz CT molecular complexity index is 384. The number of benzene rings is 1. The molecule has 66 valence electrons. The third-order valence-electron chi connectivity index (χ3n) is 1.71. The zero-order valence-electron chi connectivity index (χ0n) is 6.61. The zero-order valence-corrected chi connectivity index (χ0v) is 6.61. The molecule has 0 saturated heterocycles. The molecule has 1 N–H and O–H groups in total. The first-order valence-corrected chi connectivity index (χ1v) is 3.72. The molecule has 0 fully saturated rings. The number of aliphatic carboxylic acids is 1. The monoisotopic (exact) mass is 176 g/mol. The van der Waals surface area contributed by atoms with Gasteiger partial charge in [0.1, 0.15) is 0 Å². The molecule has 0 radical (unpaired) electrons. The highest BCUT2D eigenvalue weighted by atomic mass is 16.6. The Morgan fingerprint density at radius 1 is 1.38 bits per heavy atom. The molecule has 0 bridgehead atoms. The summed E-state index contributed by atoms with van der Waals surface area (Å²) in [7, 11) is 0. The predicted octanol–water partition coefficient (Wildman–Crippen LogP) is -0.326. The van der Waals surface area contributed by atoms with Crippen LogP contribution < -0.4 is 15.4 Å². The van der Waals surface area contributed by atoms with Gasteiger partial charge < -0.3 is 14.7 Å². The minimum Gasteiger partial charge on any atom is -0.543 e. The second-order valence-corrected chi connectivity index (χ2v) is 2.59. The van der Waals surface area contributed by atoms with Crippen LogP contribution in [0.25, 0.3) is 6.08 Å². The van der Waals surface area contributed by atoms with Gasteiger partial charge in [-0.2, -0.15) is 0 Å². The SMILES string of the molecule is O=C([O-])C1=Cc2ccccc2ON1. The van der Waals surface area contributed by atoms with Crippen LogP contribution in [0.1, 0.15) is 5.56 Å². The van der Waals surface area contributed by atoms with Crippen LogP contribution in [0.2, 0.25) is 0 Å². The molecule has 0 aliphatic carbocycles. The lowest BCUT2D eigenvalue weighted by molar-refractivity contribution is -0.300. The van der Waals surface area contributed by atoms with Crippen LogP contribution in [0.15, 0.2) is 30.0 Å². The van der Waals surface area contributed by atoms with Crippen molar-refractivity contribution in [1.29, 1.82) is 0 Å². The van der Waals surface area contributed by atoms with Crippen LogP contribution in [0.4, 0.5) is 0 Å². The summed E-state index contributed by atoms with van der Waals surface area (Å²) in [6.07, 6.45) is 1.47. The summed E-state index contributed by atoms with van der Waals surface area (Å²) >= 11 is 0. The lowest BCUT2D eigenvalue weighted by atomic mass is 10.1. The Labute approximate surface area is 74.4 Å². The van der Waals surface area contributed by atoms with E-state index >= 15 is 0 Å². The van der Waals surface area contributed by atoms with Crippen molar-refractivity contribution in [3.05, 3.63) is 35.5 Å². The molecule has 1 aromatic rings. The van der Waals surface area contributed by atoms with Crippen molar-refractivity contribution in [1.82, 2.24) is 5.48 Å². The van der Waals surface area contributed by atoms with Crippen LogP contribution in [0.5, 0.6) is 5.75 Å². The summed E-state index contributed by atoms with van der Waals surface area (Å²) < 4.78 is 0. The molecule has 1 heterocycles. The van der Waals surface area contributed by atoms with Gasteiger partial charge in [0.05, 0.1) is 11.7 Å². The largest absolute Gasteiger partial charge is 0.543 e. The number of hydrogen-bond donors (Lipinski definition) is 1. The van der Waals surface area contributed by atoms with Crippen molar-refractivity contribution in [2.24, 2.45) is 0 Å². The highest BCUT2D eigenvalue weighted by molar-refractivity contribution is 5.90. The maximum Gasteiger partial charge on any atom is 0.162 e. The van der Waals surface area contributed by atoms with E-state index in [1.165, 1.54) is 6.08 Å². The quantitative estimate of drug-likeness (QED) is 0.636. The summed E-state index contributed by atoms with van der Waals surface area (Å²) in [6, 6.07) is 7.11. The van der Waals surface area contributed by atoms with Gasteiger partial charge in [0.2, 0.25) is 0 Å². The first-order valence-electron chi connectivity index (χ1n) is 3.72. The fourth-order valence-electron chi connectivity index (χ4n) is 1.09. The lowest BCUT2D eigenvalue weighted by Crippen LogP contribution is -2.35. The zero-order chi connectivity index (χ0) is 9.26. The molecule has 0 spiro atoms. The Kier molecular flexibility index (Phi) is 1.66. The topological polar surface area (TPSA) is 61.4 Å². The highest BCUT2D eigenvalue weighted by Crippen LogP contribution is 2.22. The standard InChI is InChI=1S/C9H7NO3/c11-9(12)7-5-6-3-1-2-4-8(6)13-10-7/h1-5,10H,(H,11,12)/p-1. The molecule has 1 aliphatic heterocycles. The van der Waals surface area contributed by atoms with E-state index in [0.717, 1.165) is 5.56 Å². The summed E-state index contributed by atoms with van der Waals surface area (Å²) in [5.41, 5.74) is 2.93. The summed E-state index contributed by atoms with van der Waals surface area (Å²) in [6.45, 7) is 0. The fraction of sp³-hybridized carbons (Fsp3) is 0. The first-order chi connectivity index (χ1) is 6.27. The molecular weight excluding hydrogens is 170 g/mol. The van der Waals surface area contributed by atoms with E-state index in [4.69, 9.17) is 4.84 Å². The number of carboxylic acid groups (broad SMARTS) is 1. The Morgan fingerprint density at radius 2 is 2.15 bits per heavy atom. The number of nitrogens with one attached hydrogen (secondary N) is 1. The summed E-state index contributed by atoms with van der Waals surface area (Å²) in [5, 5.41) is 10.4. The highest BCUT2D eigenvalue weighted by Gasteiger charge is 2.09. The van der Waals surface area contributed by atoms with Gasteiger partial charge >= 0.3 is 0 Å². The van der Waals surface area contributed by atoms with E-state index < -0.39 is 5.97 Å². The van der Waals surface area contributed by atoms with Crippen molar-refractivity contribution in [3.63, 3.8) is 0 Å². The third kappa shape index (κ3) is 1.33. The molecule has 0 atom stereocenters. The molecule has 1 aliphatic rings. The number of para-hydroxylation sites is 1. The van der Waals surface area contributed by atoms with E-state index in [1.807, 2.05) is 0 Å². The second kappa shape index (κ2) is 2.82. The molecule has 0 amide bonds. The van der Waals surface area contributed by atoms with Crippen molar-refractivity contribution in [2.45, 2.75) is 0 Å². The van der Waals surface area contributed by atoms with Gasteiger partial charge in [-0.25, -0.2) is 5.48 Å². The number of hydroxylamine groups is 1. The molecule has 1 aromatic carbocycles. The average molecular weight is 176 g/mol. The third-order valence-corrected chi connectivity index (χ3v) is 1.71. The fourth-order valence-corrected chi connectivity index (χ4v) is 1.09. The number of carboxylic acids is 1. The number of hydrogen-bond acceptors (Lipinski definition) is 4. The molecule has 13 heavy (non-hydrogen) atoms. The van der Waals surface area contributed by atoms with Crippen molar-refractivity contribution < 1.29 is 14.7 Å². The molecule has 4 heteroatoms. The van der Waals surface area contributed by atoms with Gasteiger partial charge in [-0.15, -0.1) is 0 Å². The summed E-state index contributed by atoms with van der Waals surface area (Å²) in [4.78, 5) is 15.4. The van der Waals surface area contributed by atoms with Crippen LogP contribution in [0, 0.1) is 0 Å². The van der Waals surface area contributed by atoms with Gasteiger partial charge in [-0.05, 0) is 12.1 Å². The van der Waals surface area contributed by atoms with Gasteiger partial charge in [0.15, 0.2) is 5.75 Å². The minimum absolute atomic E-state index is 0.0706.